The molecule has 30 heavy (non-hydrogen) atoms. The molecule has 0 aliphatic carbocycles. The van der Waals surface area contributed by atoms with Gasteiger partial charge in [-0.15, -0.1) is 0 Å². The summed E-state index contributed by atoms with van der Waals surface area (Å²) in [4.78, 5) is 27.9. The Morgan fingerprint density at radius 2 is 1.57 bits per heavy atom. The minimum absolute atomic E-state index is 0.120. The molecule has 1 fully saturated rings. The summed E-state index contributed by atoms with van der Waals surface area (Å²) in [6.45, 7) is 3.19. The first kappa shape index (κ1) is 19.9. The van der Waals surface area contributed by atoms with Gasteiger partial charge in [0.15, 0.2) is 0 Å². The summed E-state index contributed by atoms with van der Waals surface area (Å²) in [6, 6.07) is 23.1. The molecule has 1 saturated heterocycles. The second-order valence-corrected chi connectivity index (χ2v) is 7.09. The molecule has 3 aromatic rings. The van der Waals surface area contributed by atoms with E-state index < -0.39 is 5.91 Å². The lowest BCUT2D eigenvalue weighted by molar-refractivity contribution is 0.0897. The fourth-order valence-electron chi connectivity index (χ4n) is 3.20. The summed E-state index contributed by atoms with van der Waals surface area (Å²) in [5, 5.41) is 0. The van der Waals surface area contributed by atoms with Gasteiger partial charge in [0.25, 0.3) is 11.8 Å². The van der Waals surface area contributed by atoms with Crippen molar-refractivity contribution < 1.29 is 19.1 Å². The number of aryl methyl sites for hydroxylation is 1. The van der Waals surface area contributed by atoms with Gasteiger partial charge in [-0.05, 0) is 48.4 Å². The van der Waals surface area contributed by atoms with E-state index in [0.29, 0.717) is 35.8 Å². The van der Waals surface area contributed by atoms with Gasteiger partial charge >= 0.3 is 0 Å². The Kier molecular flexibility index (Phi) is 5.91. The highest BCUT2D eigenvalue weighted by molar-refractivity contribution is 6.25. The van der Waals surface area contributed by atoms with Crippen LogP contribution in [0.4, 0.5) is 5.69 Å². The molecule has 4 rings (SSSR count). The fraction of sp³-hybridized carbons (Fsp3) is 0.200. The topological polar surface area (TPSA) is 59.1 Å². The largest absolute Gasteiger partial charge is 0.490 e. The van der Waals surface area contributed by atoms with E-state index >= 15 is 0 Å². The van der Waals surface area contributed by atoms with Crippen LogP contribution < -0.4 is 9.64 Å². The van der Waals surface area contributed by atoms with Gasteiger partial charge in [-0.1, -0.05) is 49.4 Å². The average Bonchev–Trinajstić information content (AvgIpc) is 3.63. The number of hydrogen-bond donors (Lipinski definition) is 0. The second kappa shape index (κ2) is 8.93. The SMILES string of the molecule is CCc1ccc(C(=O)N(C(=O)c2ccccc2)c2ccccc2)cc1OCC1CO1. The van der Waals surface area contributed by atoms with Crippen molar-refractivity contribution in [2.24, 2.45) is 0 Å². The third-order valence-electron chi connectivity index (χ3n) is 4.96. The molecular weight excluding hydrogens is 378 g/mol. The van der Waals surface area contributed by atoms with Gasteiger partial charge in [0.05, 0.1) is 12.3 Å². The molecule has 5 heteroatoms. The van der Waals surface area contributed by atoms with Crippen LogP contribution in [-0.2, 0) is 11.2 Å². The maximum absolute atomic E-state index is 13.5. The number of benzene rings is 3. The van der Waals surface area contributed by atoms with Gasteiger partial charge < -0.3 is 9.47 Å². The molecule has 0 bridgehead atoms. The van der Waals surface area contributed by atoms with Gasteiger partial charge in [0.2, 0.25) is 0 Å². The highest BCUT2D eigenvalue weighted by atomic mass is 16.6. The van der Waals surface area contributed by atoms with Crippen molar-refractivity contribution in [2.75, 3.05) is 18.1 Å². The normalized spacial score (nSPS) is 14.8. The Hall–Kier alpha value is -3.44. The first-order valence-corrected chi connectivity index (χ1v) is 10.0. The molecule has 1 unspecified atom stereocenters. The number of amides is 2. The minimum Gasteiger partial charge on any atom is -0.490 e. The molecule has 0 radical (unpaired) electrons. The number of ether oxygens (including phenoxy) is 2. The number of carbonyl (C=O) groups is 2. The Bertz CT molecular complexity index is 1030. The van der Waals surface area contributed by atoms with Crippen LogP contribution in [0.3, 0.4) is 0 Å². The van der Waals surface area contributed by atoms with Crippen molar-refractivity contribution in [2.45, 2.75) is 19.4 Å². The average molecular weight is 401 g/mol. The summed E-state index contributed by atoms with van der Waals surface area (Å²) >= 11 is 0. The summed E-state index contributed by atoms with van der Waals surface area (Å²) in [5.74, 6) is -0.121. The van der Waals surface area contributed by atoms with E-state index in [2.05, 4.69) is 0 Å². The minimum atomic E-state index is -0.398. The predicted octanol–water partition coefficient (Wildman–Crippen LogP) is 4.51. The Morgan fingerprint density at radius 3 is 2.20 bits per heavy atom. The number of para-hydroxylation sites is 1. The highest BCUT2D eigenvalue weighted by Gasteiger charge is 2.27. The number of hydrogen-bond acceptors (Lipinski definition) is 4. The third kappa shape index (κ3) is 4.42. The molecule has 1 aliphatic heterocycles. The van der Waals surface area contributed by atoms with Crippen LogP contribution >= 0.6 is 0 Å². The van der Waals surface area contributed by atoms with Crippen LogP contribution in [0.5, 0.6) is 5.75 Å². The quantitative estimate of drug-likeness (QED) is 0.432. The second-order valence-electron chi connectivity index (χ2n) is 7.09. The standard InChI is InChI=1S/C25H23NO4/c1-2-18-13-14-20(15-23(18)30-17-22-16-29-22)25(28)26(21-11-7-4-8-12-21)24(27)19-9-5-3-6-10-19/h3-15,22H,2,16-17H2,1H3. The Morgan fingerprint density at radius 1 is 0.933 bits per heavy atom. The first-order chi connectivity index (χ1) is 14.7. The van der Waals surface area contributed by atoms with Crippen LogP contribution in [0, 0.1) is 0 Å². The smallest absolute Gasteiger partial charge is 0.265 e. The number of epoxide rings is 1. The van der Waals surface area contributed by atoms with Crippen LogP contribution in [0.1, 0.15) is 33.2 Å². The van der Waals surface area contributed by atoms with Crippen molar-refractivity contribution in [3.63, 3.8) is 0 Å². The summed E-state index contributed by atoms with van der Waals surface area (Å²) in [7, 11) is 0. The van der Waals surface area contributed by atoms with E-state index in [-0.39, 0.29) is 12.0 Å². The van der Waals surface area contributed by atoms with E-state index in [1.165, 1.54) is 4.90 Å². The third-order valence-corrected chi connectivity index (χ3v) is 4.96. The van der Waals surface area contributed by atoms with E-state index in [0.717, 1.165) is 12.0 Å². The van der Waals surface area contributed by atoms with Crippen LogP contribution in [-0.4, -0.2) is 31.1 Å². The van der Waals surface area contributed by atoms with Gasteiger partial charge in [-0.25, -0.2) is 4.90 Å². The monoisotopic (exact) mass is 401 g/mol. The van der Waals surface area contributed by atoms with Crippen molar-refractivity contribution in [3.8, 4) is 5.75 Å². The van der Waals surface area contributed by atoms with Crippen molar-refractivity contribution in [3.05, 3.63) is 95.6 Å². The van der Waals surface area contributed by atoms with Crippen molar-refractivity contribution in [1.29, 1.82) is 0 Å². The van der Waals surface area contributed by atoms with Gasteiger partial charge in [-0.2, -0.15) is 0 Å². The van der Waals surface area contributed by atoms with Crippen molar-refractivity contribution in [1.82, 2.24) is 0 Å². The number of carbonyl (C=O) groups excluding carboxylic acids is 2. The number of imide groups is 1. The molecule has 0 saturated carbocycles. The maximum atomic E-state index is 13.5. The molecular formula is C25H23NO4. The molecule has 0 spiro atoms. The molecule has 0 N–H and O–H groups in total. The number of rotatable bonds is 7. The van der Waals surface area contributed by atoms with Gasteiger partial charge in [0.1, 0.15) is 18.5 Å². The van der Waals surface area contributed by atoms with Crippen LogP contribution in [0.15, 0.2) is 78.9 Å². The van der Waals surface area contributed by atoms with E-state index in [4.69, 9.17) is 9.47 Å². The first-order valence-electron chi connectivity index (χ1n) is 10.0. The lowest BCUT2D eigenvalue weighted by Crippen LogP contribution is -2.37. The van der Waals surface area contributed by atoms with Crippen LogP contribution in [0.25, 0.3) is 0 Å². The van der Waals surface area contributed by atoms with Gasteiger partial charge in [-0.3, -0.25) is 9.59 Å². The molecule has 152 valence electrons. The van der Waals surface area contributed by atoms with E-state index in [1.54, 1.807) is 60.7 Å². The maximum Gasteiger partial charge on any atom is 0.265 e. The zero-order chi connectivity index (χ0) is 20.9. The fourth-order valence-corrected chi connectivity index (χ4v) is 3.20. The number of anilines is 1. The molecule has 2 amide bonds. The van der Waals surface area contributed by atoms with Gasteiger partial charge in [0, 0.05) is 11.1 Å². The predicted molar refractivity (Wildman–Crippen MR) is 115 cm³/mol. The molecule has 1 aliphatic rings. The van der Waals surface area contributed by atoms with E-state index in [1.807, 2.05) is 25.1 Å². The van der Waals surface area contributed by atoms with Crippen molar-refractivity contribution >= 4 is 17.5 Å². The lowest BCUT2D eigenvalue weighted by atomic mass is 10.1. The zero-order valence-corrected chi connectivity index (χ0v) is 16.8. The number of nitrogens with zero attached hydrogens (tertiary/aromatic N) is 1. The Balaban J connectivity index is 1.69. The van der Waals surface area contributed by atoms with Crippen LogP contribution in [0.2, 0.25) is 0 Å². The van der Waals surface area contributed by atoms with E-state index in [9.17, 15) is 9.59 Å². The lowest BCUT2D eigenvalue weighted by Gasteiger charge is -2.22. The molecule has 3 aromatic carbocycles. The zero-order valence-electron chi connectivity index (χ0n) is 16.8. The molecule has 0 aromatic heterocycles. The summed E-state index contributed by atoms with van der Waals surface area (Å²) < 4.78 is 11.1. The summed E-state index contributed by atoms with van der Waals surface area (Å²) in [6.07, 6.45) is 0.898. The highest BCUT2D eigenvalue weighted by Crippen LogP contribution is 2.26. The molecule has 1 heterocycles. The Labute approximate surface area is 175 Å². The summed E-state index contributed by atoms with van der Waals surface area (Å²) in [5.41, 5.74) is 2.37. The molecule has 1 atom stereocenters. The molecule has 5 nitrogen and oxygen atoms in total.